The van der Waals surface area contributed by atoms with Gasteiger partial charge in [-0.1, -0.05) is 36.2 Å². The normalized spacial score (nSPS) is 20.9. The molecule has 0 amide bonds. The minimum Gasteiger partial charge on any atom is -0.329 e. The van der Waals surface area contributed by atoms with Gasteiger partial charge in [-0.05, 0) is 49.5 Å². The zero-order chi connectivity index (χ0) is 14.8. The number of hydrogen-bond donors (Lipinski definition) is 1. The number of likely N-dealkylation sites (tertiary alicyclic amines) is 1. The van der Waals surface area contributed by atoms with Gasteiger partial charge in [-0.2, -0.15) is 0 Å². The average molecular weight is 343 g/mol. The Balaban J connectivity index is 2.15. The van der Waals surface area contributed by atoms with Crippen LogP contribution in [0.15, 0.2) is 22.7 Å². The Morgan fingerprint density at radius 2 is 2.05 bits per heavy atom. The van der Waals surface area contributed by atoms with Crippen LogP contribution in [0.25, 0.3) is 0 Å². The van der Waals surface area contributed by atoms with Crippen LogP contribution in [0, 0.1) is 11.2 Å². The van der Waals surface area contributed by atoms with Crippen molar-refractivity contribution in [3.63, 3.8) is 0 Å². The van der Waals surface area contributed by atoms with Crippen LogP contribution in [-0.4, -0.2) is 24.5 Å². The first-order chi connectivity index (χ1) is 9.49. The molecular formula is C16H24BrFN2. The van der Waals surface area contributed by atoms with E-state index in [1.54, 1.807) is 6.07 Å². The maximum Gasteiger partial charge on any atom is 0.128 e. The Morgan fingerprint density at radius 1 is 1.40 bits per heavy atom. The van der Waals surface area contributed by atoms with Crippen molar-refractivity contribution >= 4 is 15.9 Å². The van der Waals surface area contributed by atoms with Crippen LogP contribution in [0.1, 0.15) is 44.7 Å². The molecule has 0 aromatic heterocycles. The third-order valence-electron chi connectivity index (χ3n) is 4.84. The fourth-order valence-electron chi connectivity index (χ4n) is 2.97. The third-order valence-corrected chi connectivity index (χ3v) is 5.33. The average Bonchev–Trinajstić information content (AvgIpc) is 2.45. The Labute approximate surface area is 129 Å². The highest BCUT2D eigenvalue weighted by Crippen LogP contribution is 2.37. The Kier molecular flexibility index (Phi) is 5.21. The molecule has 2 N–H and O–H groups in total. The fraction of sp³-hybridized carbons (Fsp3) is 0.625. The van der Waals surface area contributed by atoms with Gasteiger partial charge < -0.3 is 5.73 Å². The number of hydrogen-bond acceptors (Lipinski definition) is 2. The molecule has 0 saturated carbocycles. The molecule has 1 saturated heterocycles. The van der Waals surface area contributed by atoms with Crippen LogP contribution in [0.5, 0.6) is 0 Å². The molecule has 1 aliphatic rings. The molecule has 1 fully saturated rings. The van der Waals surface area contributed by atoms with Crippen LogP contribution in [0.4, 0.5) is 4.39 Å². The van der Waals surface area contributed by atoms with Crippen LogP contribution < -0.4 is 5.73 Å². The summed E-state index contributed by atoms with van der Waals surface area (Å²) in [5, 5.41) is 0. The first kappa shape index (κ1) is 15.9. The summed E-state index contributed by atoms with van der Waals surface area (Å²) in [6.07, 6.45) is 3.53. The largest absolute Gasteiger partial charge is 0.329 e. The van der Waals surface area contributed by atoms with E-state index >= 15 is 0 Å². The quantitative estimate of drug-likeness (QED) is 0.892. The van der Waals surface area contributed by atoms with E-state index in [0.717, 1.165) is 30.4 Å². The third kappa shape index (κ3) is 3.41. The molecule has 2 nitrogen and oxygen atoms in total. The lowest BCUT2D eigenvalue weighted by atomic mass is 9.78. The van der Waals surface area contributed by atoms with Crippen molar-refractivity contribution in [3.8, 4) is 0 Å². The summed E-state index contributed by atoms with van der Waals surface area (Å²) in [5.41, 5.74) is 7.08. The van der Waals surface area contributed by atoms with Gasteiger partial charge in [-0.15, -0.1) is 0 Å². The van der Waals surface area contributed by atoms with Gasteiger partial charge in [-0.25, -0.2) is 4.39 Å². The second kappa shape index (κ2) is 6.54. The molecule has 0 spiro atoms. The molecule has 1 aromatic rings. The van der Waals surface area contributed by atoms with E-state index in [4.69, 9.17) is 5.73 Å². The van der Waals surface area contributed by atoms with Crippen molar-refractivity contribution in [2.45, 2.75) is 39.2 Å². The molecule has 1 aromatic carbocycles. The fourth-order valence-corrected chi connectivity index (χ4v) is 3.35. The summed E-state index contributed by atoms with van der Waals surface area (Å²) in [6, 6.07) is 5.09. The lowest BCUT2D eigenvalue weighted by Crippen LogP contribution is -2.43. The van der Waals surface area contributed by atoms with E-state index in [-0.39, 0.29) is 11.9 Å². The van der Waals surface area contributed by atoms with Crippen molar-refractivity contribution in [1.82, 2.24) is 4.90 Å². The molecule has 1 atom stereocenters. The number of nitrogens with zero attached hydrogens (tertiary/aromatic N) is 1. The molecule has 112 valence electrons. The standard InChI is InChI=1S/C16H24BrFN2/c1-3-16(2)6-8-20(9-7-16)15(11-19)13-10-12(17)4-5-14(13)18/h4-5,10,15H,3,6-9,11,19H2,1-2H3. The molecule has 0 bridgehead atoms. The highest BCUT2D eigenvalue weighted by molar-refractivity contribution is 9.10. The van der Waals surface area contributed by atoms with Gasteiger partial charge in [0, 0.05) is 22.6 Å². The van der Waals surface area contributed by atoms with Crippen molar-refractivity contribution < 1.29 is 4.39 Å². The molecule has 1 unspecified atom stereocenters. The zero-order valence-corrected chi connectivity index (χ0v) is 13.9. The molecular weight excluding hydrogens is 319 g/mol. The maximum absolute atomic E-state index is 14.1. The summed E-state index contributed by atoms with van der Waals surface area (Å²) >= 11 is 3.42. The van der Waals surface area contributed by atoms with E-state index < -0.39 is 0 Å². The van der Waals surface area contributed by atoms with E-state index in [9.17, 15) is 4.39 Å². The van der Waals surface area contributed by atoms with Crippen molar-refractivity contribution in [2.75, 3.05) is 19.6 Å². The lowest BCUT2D eigenvalue weighted by molar-refractivity contribution is 0.0816. The van der Waals surface area contributed by atoms with E-state index in [0.29, 0.717) is 17.5 Å². The number of rotatable bonds is 4. The molecule has 4 heteroatoms. The van der Waals surface area contributed by atoms with Gasteiger partial charge in [0.2, 0.25) is 0 Å². The smallest absolute Gasteiger partial charge is 0.128 e. The lowest BCUT2D eigenvalue weighted by Gasteiger charge is -2.42. The predicted octanol–water partition coefficient (Wildman–Crippen LogP) is 4.10. The van der Waals surface area contributed by atoms with Crippen LogP contribution >= 0.6 is 15.9 Å². The van der Waals surface area contributed by atoms with Gasteiger partial charge in [0.1, 0.15) is 5.82 Å². The Bertz CT molecular complexity index is 456. The molecule has 0 aliphatic carbocycles. The molecule has 1 aliphatic heterocycles. The maximum atomic E-state index is 14.1. The van der Waals surface area contributed by atoms with Crippen molar-refractivity contribution in [3.05, 3.63) is 34.1 Å². The first-order valence-electron chi connectivity index (χ1n) is 7.38. The Hall–Kier alpha value is -0.450. The summed E-state index contributed by atoms with van der Waals surface area (Å²) < 4.78 is 15.0. The highest BCUT2D eigenvalue weighted by atomic mass is 79.9. The molecule has 1 heterocycles. The van der Waals surface area contributed by atoms with Crippen LogP contribution in [0.2, 0.25) is 0 Å². The van der Waals surface area contributed by atoms with Gasteiger partial charge in [0.25, 0.3) is 0 Å². The van der Waals surface area contributed by atoms with E-state index in [1.165, 1.54) is 12.5 Å². The minimum atomic E-state index is -0.160. The highest BCUT2D eigenvalue weighted by Gasteiger charge is 2.32. The van der Waals surface area contributed by atoms with Crippen molar-refractivity contribution in [2.24, 2.45) is 11.1 Å². The summed E-state index contributed by atoms with van der Waals surface area (Å²) in [4.78, 5) is 2.34. The SMILES string of the molecule is CCC1(C)CCN(C(CN)c2cc(Br)ccc2F)CC1. The van der Waals surface area contributed by atoms with Gasteiger partial charge >= 0.3 is 0 Å². The second-order valence-electron chi connectivity index (χ2n) is 6.12. The molecule has 2 rings (SSSR count). The summed E-state index contributed by atoms with van der Waals surface area (Å²) in [7, 11) is 0. The predicted molar refractivity (Wildman–Crippen MR) is 85.1 cm³/mol. The monoisotopic (exact) mass is 342 g/mol. The molecule has 0 radical (unpaired) electrons. The topological polar surface area (TPSA) is 29.3 Å². The summed E-state index contributed by atoms with van der Waals surface area (Å²) in [5.74, 6) is -0.160. The van der Waals surface area contributed by atoms with E-state index in [2.05, 4.69) is 34.7 Å². The number of benzene rings is 1. The van der Waals surface area contributed by atoms with Crippen LogP contribution in [0.3, 0.4) is 0 Å². The number of nitrogens with two attached hydrogens (primary N) is 1. The van der Waals surface area contributed by atoms with E-state index in [1.807, 2.05) is 6.07 Å². The number of halogens is 2. The second-order valence-corrected chi connectivity index (χ2v) is 7.03. The first-order valence-corrected chi connectivity index (χ1v) is 8.17. The minimum absolute atomic E-state index is 0.0195. The van der Waals surface area contributed by atoms with Gasteiger partial charge in [0.15, 0.2) is 0 Å². The van der Waals surface area contributed by atoms with Gasteiger partial charge in [0.05, 0.1) is 0 Å². The molecule has 20 heavy (non-hydrogen) atoms. The van der Waals surface area contributed by atoms with Crippen molar-refractivity contribution in [1.29, 1.82) is 0 Å². The number of piperidine rings is 1. The Morgan fingerprint density at radius 3 is 2.60 bits per heavy atom. The summed E-state index contributed by atoms with van der Waals surface area (Å²) in [6.45, 7) is 7.05. The zero-order valence-electron chi connectivity index (χ0n) is 12.3. The van der Waals surface area contributed by atoms with Gasteiger partial charge in [-0.3, -0.25) is 4.90 Å². The van der Waals surface area contributed by atoms with Crippen LogP contribution in [-0.2, 0) is 0 Å².